The van der Waals surface area contributed by atoms with Crippen LogP contribution in [0, 0.1) is 12.8 Å². The van der Waals surface area contributed by atoms with Crippen molar-refractivity contribution in [1.82, 2.24) is 14.8 Å². The summed E-state index contributed by atoms with van der Waals surface area (Å²) in [4.78, 5) is 12.3. The molecule has 0 spiro atoms. The van der Waals surface area contributed by atoms with Crippen LogP contribution in [0.4, 0.5) is 0 Å². The number of aryl methyl sites for hydroxylation is 1. The second kappa shape index (κ2) is 7.04. The SMILES string of the molecule is Cc1cc(C(=O)NCC2CCCN(S(=O)(=O)c3ccsc3)C2)no1. The monoisotopic (exact) mass is 369 g/mol. The predicted molar refractivity (Wildman–Crippen MR) is 89.4 cm³/mol. The van der Waals surface area contributed by atoms with E-state index < -0.39 is 10.0 Å². The van der Waals surface area contributed by atoms with Crippen LogP contribution in [0.15, 0.2) is 32.3 Å². The molecule has 1 saturated heterocycles. The minimum atomic E-state index is -3.44. The Morgan fingerprint density at radius 2 is 2.38 bits per heavy atom. The number of nitrogens with zero attached hydrogens (tertiary/aromatic N) is 2. The van der Waals surface area contributed by atoms with Gasteiger partial charge in [0.15, 0.2) is 5.69 Å². The van der Waals surface area contributed by atoms with Crippen LogP contribution in [0.2, 0.25) is 0 Å². The van der Waals surface area contributed by atoms with E-state index in [1.54, 1.807) is 29.8 Å². The largest absolute Gasteiger partial charge is 0.361 e. The number of carbonyl (C=O) groups is 1. The van der Waals surface area contributed by atoms with Gasteiger partial charge in [0.2, 0.25) is 10.0 Å². The van der Waals surface area contributed by atoms with Crippen molar-refractivity contribution in [2.24, 2.45) is 5.92 Å². The molecule has 1 N–H and O–H groups in total. The molecule has 0 saturated carbocycles. The second-order valence-electron chi connectivity index (χ2n) is 5.86. The van der Waals surface area contributed by atoms with E-state index in [9.17, 15) is 13.2 Å². The highest BCUT2D eigenvalue weighted by Gasteiger charge is 2.30. The standard InChI is InChI=1S/C15H19N3O4S2/c1-11-7-14(17-22-11)15(19)16-8-12-3-2-5-18(9-12)24(20,21)13-4-6-23-10-13/h4,6-7,10,12H,2-3,5,8-9H2,1H3,(H,16,19). The molecular formula is C15H19N3O4S2. The van der Waals surface area contributed by atoms with E-state index in [0.717, 1.165) is 12.8 Å². The third kappa shape index (κ3) is 3.68. The van der Waals surface area contributed by atoms with Crippen LogP contribution in [0.3, 0.4) is 0 Å². The zero-order chi connectivity index (χ0) is 17.2. The van der Waals surface area contributed by atoms with Crippen LogP contribution in [-0.4, -0.2) is 43.4 Å². The molecule has 130 valence electrons. The fourth-order valence-corrected chi connectivity index (χ4v) is 5.33. The number of aromatic nitrogens is 1. The maximum absolute atomic E-state index is 12.6. The summed E-state index contributed by atoms with van der Waals surface area (Å²) >= 11 is 1.37. The molecule has 24 heavy (non-hydrogen) atoms. The summed E-state index contributed by atoms with van der Waals surface area (Å²) in [5, 5.41) is 9.89. The molecule has 7 nitrogen and oxygen atoms in total. The minimum Gasteiger partial charge on any atom is -0.361 e. The van der Waals surface area contributed by atoms with Gasteiger partial charge in [-0.1, -0.05) is 5.16 Å². The summed E-state index contributed by atoms with van der Waals surface area (Å²) in [7, 11) is -3.44. The molecule has 3 rings (SSSR count). The van der Waals surface area contributed by atoms with E-state index in [2.05, 4.69) is 10.5 Å². The van der Waals surface area contributed by atoms with Gasteiger partial charge in [-0.25, -0.2) is 8.42 Å². The maximum atomic E-state index is 12.6. The number of carbonyl (C=O) groups excluding carboxylic acids is 1. The van der Waals surface area contributed by atoms with Gasteiger partial charge in [0.25, 0.3) is 5.91 Å². The highest BCUT2D eigenvalue weighted by Crippen LogP contribution is 2.24. The van der Waals surface area contributed by atoms with E-state index in [1.165, 1.54) is 15.6 Å². The summed E-state index contributed by atoms with van der Waals surface area (Å²) in [6, 6.07) is 3.20. The van der Waals surface area contributed by atoms with E-state index in [0.29, 0.717) is 30.3 Å². The summed E-state index contributed by atoms with van der Waals surface area (Å²) in [5.74, 6) is 0.361. The molecule has 9 heteroatoms. The molecule has 2 aromatic heterocycles. The van der Waals surface area contributed by atoms with Crippen LogP contribution in [0.25, 0.3) is 0 Å². The second-order valence-corrected chi connectivity index (χ2v) is 8.58. The minimum absolute atomic E-state index is 0.0871. The number of hydrogen-bond acceptors (Lipinski definition) is 6. The first-order valence-electron chi connectivity index (χ1n) is 7.70. The molecule has 2 aromatic rings. The van der Waals surface area contributed by atoms with Crippen molar-refractivity contribution in [3.8, 4) is 0 Å². The Morgan fingerprint density at radius 3 is 3.04 bits per heavy atom. The number of thiophene rings is 1. The first kappa shape index (κ1) is 17.1. The topological polar surface area (TPSA) is 92.5 Å². The molecule has 1 unspecified atom stereocenters. The lowest BCUT2D eigenvalue weighted by molar-refractivity contribution is 0.0932. The Hall–Kier alpha value is -1.71. The van der Waals surface area contributed by atoms with Crippen molar-refractivity contribution in [2.75, 3.05) is 19.6 Å². The van der Waals surface area contributed by atoms with Crippen LogP contribution in [0.5, 0.6) is 0 Å². The Morgan fingerprint density at radius 1 is 1.54 bits per heavy atom. The van der Waals surface area contributed by atoms with Crippen molar-refractivity contribution in [3.05, 3.63) is 34.3 Å². The summed E-state index contributed by atoms with van der Waals surface area (Å²) in [5.41, 5.74) is 0.242. The summed E-state index contributed by atoms with van der Waals surface area (Å²) in [6.45, 7) is 3.07. The lowest BCUT2D eigenvalue weighted by Gasteiger charge is -2.31. The number of hydrogen-bond donors (Lipinski definition) is 1. The van der Waals surface area contributed by atoms with E-state index in [4.69, 9.17) is 4.52 Å². The van der Waals surface area contributed by atoms with Gasteiger partial charge in [-0.2, -0.15) is 15.6 Å². The fraction of sp³-hybridized carbons (Fsp3) is 0.467. The molecule has 1 atom stereocenters. The molecule has 0 radical (unpaired) electrons. The normalized spacial score (nSPS) is 19.3. The smallest absolute Gasteiger partial charge is 0.273 e. The van der Waals surface area contributed by atoms with Crippen molar-refractivity contribution < 1.29 is 17.7 Å². The third-order valence-electron chi connectivity index (χ3n) is 4.03. The number of nitrogens with one attached hydrogen (secondary N) is 1. The Kier molecular flexibility index (Phi) is 5.02. The summed E-state index contributed by atoms with van der Waals surface area (Å²) < 4.78 is 31.6. The van der Waals surface area contributed by atoms with Crippen molar-refractivity contribution >= 4 is 27.3 Å². The van der Waals surface area contributed by atoms with E-state index in [-0.39, 0.29) is 17.5 Å². The number of amides is 1. The molecule has 1 amide bonds. The van der Waals surface area contributed by atoms with Crippen molar-refractivity contribution in [1.29, 1.82) is 0 Å². The van der Waals surface area contributed by atoms with Gasteiger partial charge in [0, 0.05) is 31.1 Å². The molecule has 0 aromatic carbocycles. The van der Waals surface area contributed by atoms with Crippen LogP contribution in [-0.2, 0) is 10.0 Å². The maximum Gasteiger partial charge on any atom is 0.273 e. The van der Waals surface area contributed by atoms with Crippen LogP contribution in [0.1, 0.15) is 29.1 Å². The average Bonchev–Trinajstić information content (AvgIpc) is 3.24. The average molecular weight is 369 g/mol. The molecule has 0 bridgehead atoms. The lowest BCUT2D eigenvalue weighted by Crippen LogP contribution is -2.43. The Balaban J connectivity index is 1.59. The predicted octanol–water partition coefficient (Wildman–Crippen LogP) is 1.88. The quantitative estimate of drug-likeness (QED) is 0.869. The number of rotatable bonds is 5. The molecule has 1 aliphatic heterocycles. The summed E-state index contributed by atoms with van der Waals surface area (Å²) in [6.07, 6.45) is 1.67. The van der Waals surface area contributed by atoms with Gasteiger partial charge in [-0.3, -0.25) is 4.79 Å². The van der Waals surface area contributed by atoms with Crippen LogP contribution >= 0.6 is 11.3 Å². The fourth-order valence-electron chi connectivity index (χ4n) is 2.76. The highest BCUT2D eigenvalue weighted by atomic mass is 32.2. The zero-order valence-electron chi connectivity index (χ0n) is 13.3. The molecular weight excluding hydrogens is 350 g/mol. The highest BCUT2D eigenvalue weighted by molar-refractivity contribution is 7.89. The van der Waals surface area contributed by atoms with Gasteiger partial charge in [0.05, 0.1) is 4.90 Å². The van der Waals surface area contributed by atoms with Gasteiger partial charge in [-0.15, -0.1) is 0 Å². The van der Waals surface area contributed by atoms with E-state index >= 15 is 0 Å². The van der Waals surface area contributed by atoms with Gasteiger partial charge in [-0.05, 0) is 37.1 Å². The third-order valence-corrected chi connectivity index (χ3v) is 6.72. The van der Waals surface area contributed by atoms with Gasteiger partial charge in [0.1, 0.15) is 5.76 Å². The van der Waals surface area contributed by atoms with Gasteiger partial charge < -0.3 is 9.84 Å². The number of sulfonamides is 1. The van der Waals surface area contributed by atoms with Crippen LogP contribution < -0.4 is 5.32 Å². The molecule has 1 aliphatic rings. The molecule has 0 aliphatic carbocycles. The number of piperidine rings is 1. The zero-order valence-corrected chi connectivity index (χ0v) is 14.9. The Bertz CT molecular complexity index is 799. The Labute approximate surface area is 144 Å². The van der Waals surface area contributed by atoms with Gasteiger partial charge >= 0.3 is 0 Å². The first-order valence-corrected chi connectivity index (χ1v) is 10.1. The lowest BCUT2D eigenvalue weighted by atomic mass is 10.00. The van der Waals surface area contributed by atoms with Crippen molar-refractivity contribution in [3.63, 3.8) is 0 Å². The van der Waals surface area contributed by atoms with Crippen molar-refractivity contribution in [2.45, 2.75) is 24.7 Å². The first-order chi connectivity index (χ1) is 11.5. The molecule has 3 heterocycles. The molecule has 1 fully saturated rings. The van der Waals surface area contributed by atoms with E-state index in [1.807, 2.05) is 0 Å².